The quantitative estimate of drug-likeness (QED) is 0.285. The van der Waals surface area contributed by atoms with Gasteiger partial charge in [-0.15, -0.1) is 0 Å². The third-order valence-electron chi connectivity index (χ3n) is 7.11. The summed E-state index contributed by atoms with van der Waals surface area (Å²) in [4.78, 5) is 0. The highest BCUT2D eigenvalue weighted by atomic mass is 16.7. The van der Waals surface area contributed by atoms with Gasteiger partial charge in [-0.3, -0.25) is 0 Å². The third-order valence-corrected chi connectivity index (χ3v) is 7.11. The van der Waals surface area contributed by atoms with E-state index in [9.17, 15) is 0 Å². The van der Waals surface area contributed by atoms with Crippen LogP contribution in [0.1, 0.15) is 48.8 Å². The molecule has 0 amide bonds. The van der Waals surface area contributed by atoms with Crippen LogP contribution < -0.4 is 0 Å². The summed E-state index contributed by atoms with van der Waals surface area (Å²) < 4.78 is 32.2. The molecule has 5 rings (SSSR count). The minimum Gasteiger partial charge on any atom is -0.374 e. The lowest BCUT2D eigenvalue weighted by Gasteiger charge is -2.29. The van der Waals surface area contributed by atoms with Crippen LogP contribution in [0, 0.1) is 0 Å². The maximum Gasteiger partial charge on any atom is 0.187 e. The highest BCUT2D eigenvalue weighted by molar-refractivity contribution is 5.15. The first kappa shape index (κ1) is 26.1. The topological polar surface area (TPSA) is 46.2 Å². The molecule has 3 aromatic rings. The molecule has 0 unspecified atom stereocenters. The third kappa shape index (κ3) is 7.73. The van der Waals surface area contributed by atoms with Crippen LogP contribution in [-0.4, -0.2) is 37.3 Å². The van der Waals surface area contributed by atoms with Gasteiger partial charge in [0, 0.05) is 0 Å². The summed E-state index contributed by atoms with van der Waals surface area (Å²) in [7, 11) is 0. The standard InChI is InChI=1S/C32H38O5/c1-5-13-25(14-6-1)21-33-24-29-30(34-22-26-15-7-2-8-16-26)31(35-23-27-17-9-3-10-18-27)32(37-29)36-28-19-11-4-12-20-28/h1-3,5-10,13-18,28-32H,4,11-12,19-24H2/t29-,30-,31+,32+/m1/s1. The first-order valence-corrected chi connectivity index (χ1v) is 13.6. The number of benzene rings is 3. The van der Waals surface area contributed by atoms with E-state index >= 15 is 0 Å². The van der Waals surface area contributed by atoms with E-state index in [0.29, 0.717) is 26.4 Å². The van der Waals surface area contributed by atoms with Gasteiger partial charge in [0.05, 0.1) is 32.5 Å². The lowest BCUT2D eigenvalue weighted by atomic mass is 9.98. The van der Waals surface area contributed by atoms with E-state index in [1.54, 1.807) is 0 Å². The molecule has 1 aliphatic carbocycles. The molecule has 5 heteroatoms. The predicted octanol–water partition coefficient (Wildman–Crippen LogP) is 6.45. The molecule has 2 aliphatic rings. The molecule has 37 heavy (non-hydrogen) atoms. The molecule has 0 bridgehead atoms. The fraction of sp³-hybridized carbons (Fsp3) is 0.438. The molecule has 1 aliphatic heterocycles. The molecule has 1 saturated carbocycles. The largest absolute Gasteiger partial charge is 0.374 e. The van der Waals surface area contributed by atoms with Gasteiger partial charge in [-0.25, -0.2) is 0 Å². The lowest BCUT2D eigenvalue weighted by Crippen LogP contribution is -2.40. The average Bonchev–Trinajstić information content (AvgIpc) is 3.28. The Kier molecular flexibility index (Phi) is 9.76. The van der Waals surface area contributed by atoms with E-state index in [-0.39, 0.29) is 24.4 Å². The van der Waals surface area contributed by atoms with Gasteiger partial charge in [-0.1, -0.05) is 110 Å². The molecule has 1 heterocycles. The van der Waals surface area contributed by atoms with Crippen molar-refractivity contribution in [3.05, 3.63) is 108 Å². The second-order valence-electron chi connectivity index (χ2n) is 9.96. The summed E-state index contributed by atoms with van der Waals surface area (Å²) in [5.41, 5.74) is 3.36. The van der Waals surface area contributed by atoms with E-state index in [4.69, 9.17) is 23.7 Å². The van der Waals surface area contributed by atoms with E-state index in [2.05, 4.69) is 36.4 Å². The monoisotopic (exact) mass is 502 g/mol. The zero-order chi connectivity index (χ0) is 25.1. The second kappa shape index (κ2) is 13.8. The Morgan fingerprint density at radius 1 is 0.595 bits per heavy atom. The SMILES string of the molecule is c1ccc(COC[C@H]2O[C@H](OC3CCCCC3)[C@@H](OCc3ccccc3)[C@@H]2OCc2ccccc2)cc1. The van der Waals surface area contributed by atoms with E-state index in [1.165, 1.54) is 19.3 Å². The van der Waals surface area contributed by atoms with Gasteiger partial charge >= 0.3 is 0 Å². The zero-order valence-corrected chi connectivity index (χ0v) is 21.5. The van der Waals surface area contributed by atoms with Crippen LogP contribution in [0.4, 0.5) is 0 Å². The van der Waals surface area contributed by atoms with E-state index in [1.807, 2.05) is 54.6 Å². The Morgan fingerprint density at radius 2 is 1.11 bits per heavy atom. The van der Waals surface area contributed by atoms with Crippen molar-refractivity contribution < 1.29 is 23.7 Å². The Balaban J connectivity index is 1.30. The molecule has 2 fully saturated rings. The van der Waals surface area contributed by atoms with Crippen molar-refractivity contribution in [2.75, 3.05) is 6.61 Å². The minimum absolute atomic E-state index is 0.195. The summed E-state index contributed by atoms with van der Waals surface area (Å²) in [5.74, 6) is 0. The van der Waals surface area contributed by atoms with Crippen molar-refractivity contribution in [2.45, 2.75) is 82.6 Å². The highest BCUT2D eigenvalue weighted by Crippen LogP contribution is 2.33. The molecule has 3 aromatic carbocycles. The summed E-state index contributed by atoms with van der Waals surface area (Å²) in [6.45, 7) is 1.88. The van der Waals surface area contributed by atoms with Gasteiger partial charge < -0.3 is 23.7 Å². The molecule has 5 nitrogen and oxygen atoms in total. The number of hydrogen-bond acceptors (Lipinski definition) is 5. The maximum absolute atomic E-state index is 6.55. The molecular formula is C32H38O5. The summed E-state index contributed by atoms with van der Waals surface area (Å²) >= 11 is 0. The van der Waals surface area contributed by atoms with Crippen LogP contribution in [-0.2, 0) is 43.5 Å². The summed E-state index contributed by atoms with van der Waals surface area (Å²) in [6.07, 6.45) is 4.56. The summed E-state index contributed by atoms with van der Waals surface area (Å²) in [5, 5.41) is 0. The fourth-order valence-corrected chi connectivity index (χ4v) is 5.10. The van der Waals surface area contributed by atoms with Crippen molar-refractivity contribution in [1.82, 2.24) is 0 Å². The van der Waals surface area contributed by atoms with Gasteiger partial charge in [-0.2, -0.15) is 0 Å². The van der Waals surface area contributed by atoms with E-state index in [0.717, 1.165) is 29.5 Å². The first-order valence-electron chi connectivity index (χ1n) is 13.6. The van der Waals surface area contributed by atoms with Crippen molar-refractivity contribution in [3.63, 3.8) is 0 Å². The van der Waals surface area contributed by atoms with Crippen molar-refractivity contribution in [3.8, 4) is 0 Å². The van der Waals surface area contributed by atoms with E-state index < -0.39 is 6.29 Å². The molecule has 0 spiro atoms. The van der Waals surface area contributed by atoms with Crippen LogP contribution >= 0.6 is 0 Å². The molecule has 0 N–H and O–H groups in total. The van der Waals surface area contributed by atoms with Crippen LogP contribution in [0.2, 0.25) is 0 Å². The highest BCUT2D eigenvalue weighted by Gasteiger charge is 2.48. The minimum atomic E-state index is -0.488. The number of rotatable bonds is 12. The maximum atomic E-state index is 6.55. The number of ether oxygens (including phenoxy) is 5. The second-order valence-corrected chi connectivity index (χ2v) is 9.96. The summed E-state index contributed by atoms with van der Waals surface area (Å²) in [6, 6.07) is 30.7. The normalized spacial score (nSPS) is 24.3. The van der Waals surface area contributed by atoms with Gasteiger partial charge in [0.15, 0.2) is 6.29 Å². The molecule has 4 atom stereocenters. The smallest absolute Gasteiger partial charge is 0.187 e. The Labute approximate surface area is 220 Å². The predicted molar refractivity (Wildman–Crippen MR) is 143 cm³/mol. The van der Waals surface area contributed by atoms with Crippen molar-refractivity contribution in [2.24, 2.45) is 0 Å². The van der Waals surface area contributed by atoms with Gasteiger partial charge in [0.25, 0.3) is 0 Å². The van der Waals surface area contributed by atoms with Gasteiger partial charge in [-0.05, 0) is 29.5 Å². The fourth-order valence-electron chi connectivity index (χ4n) is 5.10. The first-order chi connectivity index (χ1) is 18.3. The van der Waals surface area contributed by atoms with Crippen molar-refractivity contribution >= 4 is 0 Å². The van der Waals surface area contributed by atoms with Crippen molar-refractivity contribution in [1.29, 1.82) is 0 Å². The lowest BCUT2D eigenvalue weighted by molar-refractivity contribution is -0.210. The molecule has 0 aromatic heterocycles. The zero-order valence-electron chi connectivity index (χ0n) is 21.5. The van der Waals surface area contributed by atoms with Gasteiger partial charge in [0.1, 0.15) is 18.3 Å². The Morgan fingerprint density at radius 3 is 1.68 bits per heavy atom. The van der Waals surface area contributed by atoms with Crippen LogP contribution in [0.5, 0.6) is 0 Å². The molecule has 0 radical (unpaired) electrons. The average molecular weight is 503 g/mol. The number of hydrogen-bond donors (Lipinski definition) is 0. The molecule has 196 valence electrons. The van der Waals surface area contributed by atoms with Gasteiger partial charge in [0.2, 0.25) is 0 Å². The molecule has 1 saturated heterocycles. The van der Waals surface area contributed by atoms with Crippen LogP contribution in [0.3, 0.4) is 0 Å². The Bertz CT molecular complexity index is 1020. The molecular weight excluding hydrogens is 464 g/mol. The Hall–Kier alpha value is -2.54. The van der Waals surface area contributed by atoms with Crippen LogP contribution in [0.25, 0.3) is 0 Å². The van der Waals surface area contributed by atoms with Crippen LogP contribution in [0.15, 0.2) is 91.0 Å².